The first-order chi connectivity index (χ1) is 9.58. The Balaban J connectivity index is 2.42. The molecule has 0 aliphatic rings. The number of carbonyl (C=O) groups is 1. The largest absolute Gasteiger partial charge is 0.489 e. The maximum atomic E-state index is 10.6. The molecule has 2 rings (SSSR count). The van der Waals surface area contributed by atoms with E-state index in [1.807, 2.05) is 32.0 Å². The number of rotatable bonds is 5. The summed E-state index contributed by atoms with van der Waals surface area (Å²) in [5, 5.41) is 19.9. The molecule has 0 saturated heterocycles. The zero-order valence-corrected chi connectivity index (χ0v) is 11.1. The van der Waals surface area contributed by atoms with Crippen LogP contribution in [0, 0.1) is 0 Å². The summed E-state index contributed by atoms with van der Waals surface area (Å²) in [6.45, 7) is 3.84. The van der Waals surface area contributed by atoms with Crippen molar-refractivity contribution in [2.45, 2.75) is 20.0 Å². The van der Waals surface area contributed by atoms with E-state index in [2.05, 4.69) is 15.5 Å². The predicted octanol–water partition coefficient (Wildman–Crippen LogP) is 1.55. The quantitative estimate of drug-likeness (QED) is 0.832. The van der Waals surface area contributed by atoms with Crippen molar-refractivity contribution in [2.75, 3.05) is 0 Å². The van der Waals surface area contributed by atoms with Gasteiger partial charge in [0.25, 0.3) is 0 Å². The highest BCUT2D eigenvalue weighted by molar-refractivity contribution is 5.84. The van der Waals surface area contributed by atoms with Crippen LogP contribution >= 0.6 is 0 Å². The number of ether oxygens (including phenoxy) is 1. The van der Waals surface area contributed by atoms with Crippen molar-refractivity contribution in [2.24, 2.45) is 0 Å². The third-order valence-corrected chi connectivity index (χ3v) is 2.32. The first-order valence-corrected chi connectivity index (χ1v) is 6.03. The van der Waals surface area contributed by atoms with Gasteiger partial charge in [0.15, 0.2) is 5.82 Å². The summed E-state index contributed by atoms with van der Waals surface area (Å²) < 4.78 is 7.12. The molecule has 0 unspecified atom stereocenters. The second-order valence-electron chi connectivity index (χ2n) is 4.25. The molecule has 0 aliphatic carbocycles. The lowest BCUT2D eigenvalue weighted by Gasteiger charge is -2.13. The molecule has 0 aliphatic heterocycles. The molecule has 7 heteroatoms. The second kappa shape index (κ2) is 5.96. The molecule has 0 saturated carbocycles. The number of para-hydroxylation sites is 2. The lowest BCUT2D eigenvalue weighted by atomic mass is 10.3. The monoisotopic (exact) mass is 274 g/mol. The number of aliphatic carboxylic acids is 1. The van der Waals surface area contributed by atoms with Crippen LogP contribution in [0.3, 0.4) is 0 Å². The molecule has 7 nitrogen and oxygen atoms in total. The van der Waals surface area contributed by atoms with Gasteiger partial charge in [-0.2, -0.15) is 4.68 Å². The number of tetrazole rings is 1. The highest BCUT2D eigenvalue weighted by atomic mass is 16.5. The van der Waals surface area contributed by atoms with Crippen molar-refractivity contribution in [1.29, 1.82) is 0 Å². The van der Waals surface area contributed by atoms with Crippen molar-refractivity contribution < 1.29 is 14.6 Å². The summed E-state index contributed by atoms with van der Waals surface area (Å²) in [4.78, 5) is 10.6. The van der Waals surface area contributed by atoms with Crippen LogP contribution in [-0.4, -0.2) is 37.4 Å². The molecule has 1 aromatic heterocycles. The molecule has 1 aromatic carbocycles. The van der Waals surface area contributed by atoms with Gasteiger partial charge in [0, 0.05) is 6.08 Å². The van der Waals surface area contributed by atoms with Crippen LogP contribution in [0.25, 0.3) is 11.8 Å². The smallest absolute Gasteiger partial charge is 0.328 e. The summed E-state index contributed by atoms with van der Waals surface area (Å²) in [6.07, 6.45) is 2.31. The van der Waals surface area contributed by atoms with Gasteiger partial charge in [-0.05, 0) is 42.5 Å². The number of carboxylic acids is 1. The van der Waals surface area contributed by atoms with Crippen LogP contribution in [0.4, 0.5) is 0 Å². The van der Waals surface area contributed by atoms with Crippen LogP contribution in [0.1, 0.15) is 19.7 Å². The van der Waals surface area contributed by atoms with Gasteiger partial charge in [0.2, 0.25) is 0 Å². The molecule has 1 heterocycles. The standard InChI is InChI=1S/C13H14N4O3/c1-9(2)20-11-6-4-3-5-10(11)17-12(14-15-16-17)7-8-13(18)19/h3-9H,1-2H3,(H,18,19)/b8-7+. The normalized spacial score (nSPS) is 11.2. The summed E-state index contributed by atoms with van der Waals surface area (Å²) in [6, 6.07) is 7.28. The van der Waals surface area contributed by atoms with E-state index in [0.717, 1.165) is 6.08 Å². The van der Waals surface area contributed by atoms with Gasteiger partial charge in [-0.1, -0.05) is 12.1 Å². The third kappa shape index (κ3) is 3.19. The maximum Gasteiger partial charge on any atom is 0.328 e. The summed E-state index contributed by atoms with van der Waals surface area (Å²) in [5.41, 5.74) is 0.649. The van der Waals surface area contributed by atoms with Gasteiger partial charge in [0.05, 0.1) is 6.10 Å². The Morgan fingerprint density at radius 1 is 1.40 bits per heavy atom. The fourth-order valence-electron chi connectivity index (χ4n) is 1.60. The third-order valence-electron chi connectivity index (χ3n) is 2.32. The molecule has 0 fully saturated rings. The number of hydrogen-bond acceptors (Lipinski definition) is 5. The zero-order valence-electron chi connectivity index (χ0n) is 11.1. The lowest BCUT2D eigenvalue weighted by molar-refractivity contribution is -0.131. The average molecular weight is 274 g/mol. The van der Waals surface area contributed by atoms with Gasteiger partial charge in [-0.3, -0.25) is 0 Å². The Morgan fingerprint density at radius 3 is 2.85 bits per heavy atom. The Labute approximate surface area is 115 Å². The summed E-state index contributed by atoms with van der Waals surface area (Å²) in [5.74, 6) is -0.127. The molecule has 1 N–H and O–H groups in total. The number of hydrogen-bond donors (Lipinski definition) is 1. The van der Waals surface area contributed by atoms with Crippen molar-refractivity contribution in [1.82, 2.24) is 20.2 Å². The average Bonchev–Trinajstić information content (AvgIpc) is 2.84. The maximum absolute atomic E-state index is 10.6. The van der Waals surface area contributed by atoms with Crippen LogP contribution in [0.5, 0.6) is 5.75 Å². The molecular weight excluding hydrogens is 260 g/mol. The van der Waals surface area contributed by atoms with E-state index >= 15 is 0 Å². The molecule has 0 spiro atoms. The molecule has 0 atom stereocenters. The van der Waals surface area contributed by atoms with E-state index in [0.29, 0.717) is 17.3 Å². The second-order valence-corrected chi connectivity index (χ2v) is 4.25. The van der Waals surface area contributed by atoms with Gasteiger partial charge >= 0.3 is 5.97 Å². The SMILES string of the molecule is CC(C)Oc1ccccc1-n1nnnc1/C=C/C(=O)O. The van der Waals surface area contributed by atoms with Crippen LogP contribution in [0.15, 0.2) is 30.3 Å². The number of carboxylic acid groups (broad SMARTS) is 1. The fourth-order valence-corrected chi connectivity index (χ4v) is 1.60. The molecule has 0 bridgehead atoms. The Bertz CT molecular complexity index is 634. The minimum absolute atomic E-state index is 0.00522. The summed E-state index contributed by atoms with van der Waals surface area (Å²) in [7, 11) is 0. The van der Waals surface area contributed by atoms with Crippen LogP contribution < -0.4 is 4.74 Å². The van der Waals surface area contributed by atoms with Crippen molar-refractivity contribution in [3.8, 4) is 11.4 Å². The molecule has 2 aromatic rings. The predicted molar refractivity (Wildman–Crippen MR) is 71.6 cm³/mol. The number of benzene rings is 1. The molecule has 0 radical (unpaired) electrons. The van der Waals surface area contributed by atoms with Crippen LogP contribution in [0.2, 0.25) is 0 Å². The molecule has 104 valence electrons. The summed E-state index contributed by atoms with van der Waals surface area (Å²) >= 11 is 0. The van der Waals surface area contributed by atoms with Crippen LogP contribution in [-0.2, 0) is 4.79 Å². The first-order valence-electron chi connectivity index (χ1n) is 6.03. The first kappa shape index (κ1) is 13.7. The minimum atomic E-state index is -1.06. The van der Waals surface area contributed by atoms with Crippen molar-refractivity contribution >= 4 is 12.0 Å². The Morgan fingerprint density at radius 2 is 2.15 bits per heavy atom. The fraction of sp³-hybridized carbons (Fsp3) is 0.231. The van der Waals surface area contributed by atoms with E-state index in [1.54, 1.807) is 6.07 Å². The zero-order chi connectivity index (χ0) is 14.5. The highest BCUT2D eigenvalue weighted by Gasteiger charge is 2.12. The van der Waals surface area contributed by atoms with E-state index in [-0.39, 0.29) is 6.10 Å². The van der Waals surface area contributed by atoms with Gasteiger partial charge in [-0.25, -0.2) is 4.79 Å². The van der Waals surface area contributed by atoms with E-state index in [1.165, 1.54) is 10.8 Å². The highest BCUT2D eigenvalue weighted by Crippen LogP contribution is 2.23. The van der Waals surface area contributed by atoms with Crippen molar-refractivity contribution in [3.05, 3.63) is 36.2 Å². The van der Waals surface area contributed by atoms with Gasteiger partial charge in [-0.15, -0.1) is 5.10 Å². The molecule has 20 heavy (non-hydrogen) atoms. The lowest BCUT2D eigenvalue weighted by Crippen LogP contribution is -2.09. The number of aromatic nitrogens is 4. The van der Waals surface area contributed by atoms with E-state index in [4.69, 9.17) is 9.84 Å². The minimum Gasteiger partial charge on any atom is -0.489 e. The van der Waals surface area contributed by atoms with Gasteiger partial charge < -0.3 is 9.84 Å². The Hall–Kier alpha value is -2.70. The van der Waals surface area contributed by atoms with Gasteiger partial charge in [0.1, 0.15) is 11.4 Å². The van der Waals surface area contributed by atoms with E-state index < -0.39 is 5.97 Å². The topological polar surface area (TPSA) is 90.1 Å². The number of nitrogens with zero attached hydrogens (tertiary/aromatic N) is 4. The molecular formula is C13H14N4O3. The van der Waals surface area contributed by atoms with Crippen molar-refractivity contribution in [3.63, 3.8) is 0 Å². The molecule has 0 amide bonds. The Kier molecular flexibility index (Phi) is 4.09. The van der Waals surface area contributed by atoms with E-state index in [9.17, 15) is 4.79 Å².